The zero-order valence-electron chi connectivity index (χ0n) is 14.4. The van der Waals surface area contributed by atoms with Gasteiger partial charge in [0.25, 0.3) is 5.91 Å². The number of nitrogens with one attached hydrogen (secondary N) is 2. The number of carbonyl (C=O) groups is 3. The van der Waals surface area contributed by atoms with E-state index in [0.717, 1.165) is 0 Å². The van der Waals surface area contributed by atoms with E-state index in [4.69, 9.17) is 4.74 Å². The van der Waals surface area contributed by atoms with Crippen LogP contribution in [-0.4, -0.2) is 51.0 Å². The molecule has 0 bridgehead atoms. The molecule has 0 saturated heterocycles. The lowest BCUT2D eigenvalue weighted by molar-refractivity contribution is -0.123. The van der Waals surface area contributed by atoms with Gasteiger partial charge in [0.05, 0.1) is 24.6 Å². The van der Waals surface area contributed by atoms with Crippen molar-refractivity contribution in [2.45, 2.75) is 13.0 Å². The standard InChI is InChI=1S/C17H15N5O5/c1-9(15(23)22-14-12-13(19-7-18-12)20-8-21-14)27-17(25)11-6-4-3-5-10(11)16(24)26-2/h3-9H,1-2H3,(H2,18,19,20,21,22,23). The minimum absolute atomic E-state index is 0.00185. The number of H-pyrrole nitrogens is 1. The fraction of sp³-hybridized carbons (Fsp3) is 0.176. The van der Waals surface area contributed by atoms with Gasteiger partial charge in [-0.15, -0.1) is 0 Å². The maximum atomic E-state index is 12.4. The Kier molecular flexibility index (Phi) is 5.06. The molecular weight excluding hydrogens is 354 g/mol. The summed E-state index contributed by atoms with van der Waals surface area (Å²) in [6, 6.07) is 6.01. The number of aromatic nitrogens is 4. The molecular formula is C17H15N5O5. The van der Waals surface area contributed by atoms with E-state index >= 15 is 0 Å². The smallest absolute Gasteiger partial charge is 0.339 e. The zero-order chi connectivity index (χ0) is 19.4. The van der Waals surface area contributed by atoms with E-state index in [2.05, 4.69) is 30.0 Å². The van der Waals surface area contributed by atoms with Crippen molar-refractivity contribution < 1.29 is 23.9 Å². The van der Waals surface area contributed by atoms with Crippen molar-refractivity contribution in [1.29, 1.82) is 0 Å². The molecule has 10 heteroatoms. The molecule has 2 aromatic heterocycles. The van der Waals surface area contributed by atoms with Gasteiger partial charge in [-0.1, -0.05) is 12.1 Å². The molecule has 0 spiro atoms. The molecule has 2 heterocycles. The number of carbonyl (C=O) groups excluding carboxylic acids is 3. The second kappa shape index (κ2) is 7.60. The third-order valence-corrected chi connectivity index (χ3v) is 3.67. The molecule has 0 fully saturated rings. The summed E-state index contributed by atoms with van der Waals surface area (Å²) in [5.74, 6) is -1.90. The molecule has 1 aromatic carbocycles. The summed E-state index contributed by atoms with van der Waals surface area (Å²) in [4.78, 5) is 51.2. The highest BCUT2D eigenvalue weighted by Crippen LogP contribution is 2.16. The van der Waals surface area contributed by atoms with Crippen molar-refractivity contribution >= 4 is 34.8 Å². The fourth-order valence-electron chi connectivity index (χ4n) is 2.30. The monoisotopic (exact) mass is 369 g/mol. The van der Waals surface area contributed by atoms with E-state index in [0.29, 0.717) is 11.2 Å². The number of hydrogen-bond donors (Lipinski definition) is 2. The number of nitrogens with zero attached hydrogens (tertiary/aromatic N) is 3. The van der Waals surface area contributed by atoms with Crippen LogP contribution in [0.5, 0.6) is 0 Å². The first-order valence-electron chi connectivity index (χ1n) is 7.84. The van der Waals surface area contributed by atoms with Gasteiger partial charge in [-0.2, -0.15) is 0 Å². The first-order valence-corrected chi connectivity index (χ1v) is 7.84. The number of aromatic amines is 1. The van der Waals surface area contributed by atoms with Gasteiger partial charge < -0.3 is 19.8 Å². The first kappa shape index (κ1) is 18.0. The number of rotatable bonds is 5. The Balaban J connectivity index is 1.73. The van der Waals surface area contributed by atoms with Crippen LogP contribution in [-0.2, 0) is 14.3 Å². The quantitative estimate of drug-likeness (QED) is 0.643. The minimum Gasteiger partial charge on any atom is -0.465 e. The SMILES string of the molecule is COC(=O)c1ccccc1C(=O)OC(C)C(=O)Nc1ncnc2nc[nH]c12. The fourth-order valence-corrected chi connectivity index (χ4v) is 2.30. The topological polar surface area (TPSA) is 136 Å². The average Bonchev–Trinajstić information content (AvgIpc) is 3.17. The molecule has 27 heavy (non-hydrogen) atoms. The van der Waals surface area contributed by atoms with Crippen LogP contribution in [0.3, 0.4) is 0 Å². The molecule has 2 N–H and O–H groups in total. The summed E-state index contributed by atoms with van der Waals surface area (Å²) in [5, 5.41) is 2.55. The van der Waals surface area contributed by atoms with E-state index in [9.17, 15) is 14.4 Å². The van der Waals surface area contributed by atoms with E-state index in [1.807, 2.05) is 0 Å². The lowest BCUT2D eigenvalue weighted by Crippen LogP contribution is -2.31. The highest BCUT2D eigenvalue weighted by atomic mass is 16.5. The Morgan fingerprint density at radius 3 is 2.48 bits per heavy atom. The predicted molar refractivity (Wildman–Crippen MR) is 93.0 cm³/mol. The number of imidazole rings is 1. The third-order valence-electron chi connectivity index (χ3n) is 3.67. The van der Waals surface area contributed by atoms with Gasteiger partial charge >= 0.3 is 11.9 Å². The zero-order valence-corrected chi connectivity index (χ0v) is 14.4. The molecule has 0 aliphatic carbocycles. The largest absolute Gasteiger partial charge is 0.465 e. The van der Waals surface area contributed by atoms with Crippen molar-refractivity contribution in [1.82, 2.24) is 19.9 Å². The van der Waals surface area contributed by atoms with Crippen LogP contribution in [0.25, 0.3) is 11.2 Å². The normalized spacial score (nSPS) is 11.6. The van der Waals surface area contributed by atoms with E-state index in [-0.39, 0.29) is 16.9 Å². The molecule has 0 radical (unpaired) electrons. The first-order chi connectivity index (χ1) is 13.0. The molecule has 0 aliphatic heterocycles. The van der Waals surface area contributed by atoms with Gasteiger partial charge in [0.1, 0.15) is 11.8 Å². The van der Waals surface area contributed by atoms with Crippen LogP contribution < -0.4 is 5.32 Å². The van der Waals surface area contributed by atoms with E-state index in [1.165, 1.54) is 38.8 Å². The van der Waals surface area contributed by atoms with Crippen LogP contribution in [0.15, 0.2) is 36.9 Å². The Bertz CT molecular complexity index is 1020. The maximum absolute atomic E-state index is 12.4. The molecule has 10 nitrogen and oxygen atoms in total. The number of methoxy groups -OCH3 is 1. The summed E-state index contributed by atoms with van der Waals surface area (Å²) in [5.41, 5.74) is 0.881. The Morgan fingerprint density at radius 1 is 1.07 bits per heavy atom. The van der Waals surface area contributed by atoms with Crippen molar-refractivity contribution in [2.75, 3.05) is 12.4 Å². The van der Waals surface area contributed by atoms with Gasteiger partial charge in [0.2, 0.25) is 0 Å². The summed E-state index contributed by atoms with van der Waals surface area (Å²) >= 11 is 0. The highest BCUT2D eigenvalue weighted by molar-refractivity contribution is 6.05. The number of anilines is 1. The number of fused-ring (bicyclic) bond motifs is 1. The van der Waals surface area contributed by atoms with Crippen molar-refractivity contribution in [3.8, 4) is 0 Å². The molecule has 3 aromatic rings. The minimum atomic E-state index is -1.14. The second-order valence-corrected chi connectivity index (χ2v) is 5.40. The highest BCUT2D eigenvalue weighted by Gasteiger charge is 2.24. The van der Waals surface area contributed by atoms with Gasteiger partial charge in [-0.25, -0.2) is 24.5 Å². The molecule has 1 amide bonds. The van der Waals surface area contributed by atoms with Gasteiger partial charge in [0.15, 0.2) is 17.6 Å². The number of amides is 1. The Hall–Kier alpha value is -3.82. The number of hydrogen-bond acceptors (Lipinski definition) is 8. The molecule has 1 atom stereocenters. The summed E-state index contributed by atoms with van der Waals surface area (Å²) in [6.07, 6.45) is 1.53. The summed E-state index contributed by atoms with van der Waals surface area (Å²) in [6.45, 7) is 1.40. The molecule has 1 unspecified atom stereocenters. The van der Waals surface area contributed by atoms with Crippen LogP contribution in [0.1, 0.15) is 27.6 Å². The number of esters is 2. The second-order valence-electron chi connectivity index (χ2n) is 5.40. The summed E-state index contributed by atoms with van der Waals surface area (Å²) in [7, 11) is 1.21. The van der Waals surface area contributed by atoms with Gasteiger partial charge in [-0.05, 0) is 19.1 Å². The molecule has 0 aliphatic rings. The van der Waals surface area contributed by atoms with Crippen molar-refractivity contribution in [3.05, 3.63) is 48.0 Å². The van der Waals surface area contributed by atoms with Crippen LogP contribution >= 0.6 is 0 Å². The van der Waals surface area contributed by atoms with E-state index < -0.39 is 23.9 Å². The Morgan fingerprint density at radius 2 is 1.78 bits per heavy atom. The lowest BCUT2D eigenvalue weighted by atomic mass is 10.1. The average molecular weight is 369 g/mol. The van der Waals surface area contributed by atoms with Gasteiger partial charge in [0, 0.05) is 0 Å². The van der Waals surface area contributed by atoms with Crippen LogP contribution in [0.2, 0.25) is 0 Å². The predicted octanol–water partition coefficient (Wildman–Crippen LogP) is 1.32. The number of benzene rings is 1. The number of ether oxygens (including phenoxy) is 2. The van der Waals surface area contributed by atoms with Crippen LogP contribution in [0, 0.1) is 0 Å². The third kappa shape index (κ3) is 3.73. The molecule has 0 saturated carbocycles. The maximum Gasteiger partial charge on any atom is 0.339 e. The molecule has 138 valence electrons. The van der Waals surface area contributed by atoms with Crippen LogP contribution in [0.4, 0.5) is 5.82 Å². The lowest BCUT2D eigenvalue weighted by Gasteiger charge is -2.14. The summed E-state index contributed by atoms with van der Waals surface area (Å²) < 4.78 is 9.81. The van der Waals surface area contributed by atoms with Gasteiger partial charge in [-0.3, -0.25) is 4.79 Å². The van der Waals surface area contributed by atoms with Crippen molar-refractivity contribution in [3.63, 3.8) is 0 Å². The molecule has 3 rings (SSSR count). The van der Waals surface area contributed by atoms with Crippen molar-refractivity contribution in [2.24, 2.45) is 0 Å². The van der Waals surface area contributed by atoms with E-state index in [1.54, 1.807) is 12.1 Å². The Labute approximate surface area is 152 Å².